The molecule has 0 radical (unpaired) electrons. The van der Waals surface area contributed by atoms with Crippen molar-refractivity contribution >= 4 is 17.4 Å². The van der Waals surface area contributed by atoms with E-state index in [2.05, 4.69) is 4.98 Å². The minimum Gasteiger partial charge on any atom is -0.507 e. The van der Waals surface area contributed by atoms with Gasteiger partial charge in [0.1, 0.15) is 18.1 Å². The summed E-state index contributed by atoms with van der Waals surface area (Å²) in [7, 11) is 3.04. The maximum Gasteiger partial charge on any atom is 0.295 e. The van der Waals surface area contributed by atoms with Crippen molar-refractivity contribution < 1.29 is 28.9 Å². The number of likely N-dealkylation sites (tertiary alicyclic amines) is 1. The zero-order valence-electron chi connectivity index (χ0n) is 23.0. The van der Waals surface area contributed by atoms with Crippen LogP contribution < -0.4 is 14.2 Å². The largest absolute Gasteiger partial charge is 0.507 e. The lowest BCUT2D eigenvalue weighted by Gasteiger charge is -2.26. The lowest BCUT2D eigenvalue weighted by molar-refractivity contribution is -0.140. The van der Waals surface area contributed by atoms with Crippen molar-refractivity contribution in [2.75, 3.05) is 14.2 Å². The SMILES string of the molecule is COc1ccc([C@@H]2/C(=C(\O)c3ccc(OCc4ccccc4C)cc3)C(=O)C(=O)N2Cc2cccnc2)cc1OC. The predicted octanol–water partition coefficient (Wildman–Crippen LogP) is 5.61. The van der Waals surface area contributed by atoms with Crippen LogP contribution in [-0.2, 0) is 22.7 Å². The summed E-state index contributed by atoms with van der Waals surface area (Å²) in [5, 5.41) is 11.5. The van der Waals surface area contributed by atoms with E-state index < -0.39 is 17.7 Å². The van der Waals surface area contributed by atoms with Gasteiger partial charge in [-0.05, 0) is 71.6 Å². The van der Waals surface area contributed by atoms with Gasteiger partial charge in [-0.2, -0.15) is 0 Å². The molecule has 208 valence electrons. The van der Waals surface area contributed by atoms with Crippen LogP contribution in [0.25, 0.3) is 5.76 Å². The van der Waals surface area contributed by atoms with E-state index in [0.717, 1.165) is 16.7 Å². The van der Waals surface area contributed by atoms with E-state index in [9.17, 15) is 14.7 Å². The fourth-order valence-electron chi connectivity index (χ4n) is 4.90. The molecule has 0 aliphatic carbocycles. The molecule has 3 aromatic carbocycles. The van der Waals surface area contributed by atoms with Gasteiger partial charge in [0.15, 0.2) is 11.5 Å². The third-order valence-electron chi connectivity index (χ3n) is 7.12. The highest BCUT2D eigenvalue weighted by atomic mass is 16.5. The van der Waals surface area contributed by atoms with Gasteiger partial charge in [0.05, 0.1) is 25.8 Å². The standard InChI is InChI=1S/C33H30N2O6/c1-21-7-4-5-9-25(21)20-41-26-13-10-23(11-14-26)31(36)29-30(24-12-15-27(39-2)28(17-24)40-3)35(33(38)32(29)37)19-22-8-6-16-34-18-22/h4-18,30,36H,19-20H2,1-3H3/b31-29+/t30-/m1/s1. The van der Waals surface area contributed by atoms with E-state index in [4.69, 9.17) is 14.2 Å². The number of ketones is 1. The molecule has 8 nitrogen and oxygen atoms in total. The van der Waals surface area contributed by atoms with Crippen LogP contribution >= 0.6 is 0 Å². The summed E-state index contributed by atoms with van der Waals surface area (Å²) in [4.78, 5) is 32.4. The normalized spacial score (nSPS) is 16.1. The van der Waals surface area contributed by atoms with Crippen molar-refractivity contribution in [3.8, 4) is 17.2 Å². The third kappa shape index (κ3) is 5.63. The highest BCUT2D eigenvalue weighted by molar-refractivity contribution is 6.46. The lowest BCUT2D eigenvalue weighted by Crippen LogP contribution is -2.29. The Morgan fingerprint density at radius 1 is 0.927 bits per heavy atom. The number of Topliss-reactive ketones (excluding diaryl/α,β-unsaturated/α-hetero) is 1. The van der Waals surface area contributed by atoms with Gasteiger partial charge in [-0.1, -0.05) is 36.4 Å². The number of nitrogens with zero attached hydrogens (tertiary/aromatic N) is 2. The molecule has 0 bridgehead atoms. The molecule has 1 aliphatic rings. The van der Waals surface area contributed by atoms with E-state index >= 15 is 0 Å². The summed E-state index contributed by atoms with van der Waals surface area (Å²) in [5.74, 6) is -0.214. The smallest absolute Gasteiger partial charge is 0.295 e. The van der Waals surface area contributed by atoms with Gasteiger partial charge in [0.2, 0.25) is 0 Å². The molecule has 0 spiro atoms. The number of aromatic nitrogens is 1. The van der Waals surface area contributed by atoms with Gasteiger partial charge in [0, 0.05) is 24.5 Å². The summed E-state index contributed by atoms with van der Waals surface area (Å²) < 4.78 is 16.8. The van der Waals surface area contributed by atoms with Crippen molar-refractivity contribution in [2.45, 2.75) is 26.1 Å². The summed E-state index contributed by atoms with van der Waals surface area (Å²) in [5.41, 5.74) is 3.91. The van der Waals surface area contributed by atoms with Crippen molar-refractivity contribution in [1.29, 1.82) is 0 Å². The highest BCUT2D eigenvalue weighted by Gasteiger charge is 2.46. The van der Waals surface area contributed by atoms with Crippen LogP contribution in [0.15, 0.2) is 96.8 Å². The Labute approximate surface area is 238 Å². The van der Waals surface area contributed by atoms with Crippen molar-refractivity contribution in [2.24, 2.45) is 0 Å². The number of aliphatic hydroxyl groups is 1. The molecule has 0 unspecified atom stereocenters. The molecule has 8 heteroatoms. The predicted molar refractivity (Wildman–Crippen MR) is 154 cm³/mol. The Bertz CT molecular complexity index is 1600. The minimum atomic E-state index is -0.869. The second-order valence-electron chi connectivity index (χ2n) is 9.64. The van der Waals surface area contributed by atoms with Crippen LogP contribution in [0.5, 0.6) is 17.2 Å². The number of benzene rings is 3. The number of carbonyl (C=O) groups is 2. The number of aryl methyl sites for hydroxylation is 1. The second kappa shape index (κ2) is 12.0. The fourth-order valence-corrected chi connectivity index (χ4v) is 4.90. The lowest BCUT2D eigenvalue weighted by atomic mass is 9.94. The molecule has 41 heavy (non-hydrogen) atoms. The van der Waals surface area contributed by atoms with Gasteiger partial charge >= 0.3 is 0 Å². The van der Waals surface area contributed by atoms with E-state index in [-0.39, 0.29) is 17.9 Å². The molecular weight excluding hydrogens is 520 g/mol. The van der Waals surface area contributed by atoms with Crippen LogP contribution in [0.1, 0.15) is 33.9 Å². The molecule has 2 heterocycles. The zero-order valence-corrected chi connectivity index (χ0v) is 23.0. The van der Waals surface area contributed by atoms with Crippen LogP contribution in [0.4, 0.5) is 0 Å². The molecule has 1 amide bonds. The second-order valence-corrected chi connectivity index (χ2v) is 9.64. The van der Waals surface area contributed by atoms with E-state index in [1.807, 2.05) is 37.3 Å². The average molecular weight is 551 g/mol. The Kier molecular flexibility index (Phi) is 8.01. The number of pyridine rings is 1. The maximum atomic E-state index is 13.4. The van der Waals surface area contributed by atoms with Crippen molar-refractivity contribution in [3.05, 3.63) is 125 Å². The summed E-state index contributed by atoms with van der Waals surface area (Å²) in [6, 6.07) is 22.7. The maximum absolute atomic E-state index is 13.4. The van der Waals surface area contributed by atoms with Crippen molar-refractivity contribution in [1.82, 2.24) is 9.88 Å². The number of hydrogen-bond donors (Lipinski definition) is 1. The number of aliphatic hydroxyl groups excluding tert-OH is 1. The van der Waals surface area contributed by atoms with Gasteiger partial charge < -0.3 is 24.2 Å². The first kappa shape index (κ1) is 27.5. The number of hydrogen-bond acceptors (Lipinski definition) is 7. The number of amides is 1. The van der Waals surface area contributed by atoms with Crippen LogP contribution in [-0.4, -0.2) is 40.9 Å². The monoisotopic (exact) mass is 550 g/mol. The molecule has 1 aromatic heterocycles. The number of ether oxygens (including phenoxy) is 3. The summed E-state index contributed by atoms with van der Waals surface area (Å²) in [6.45, 7) is 2.55. The van der Waals surface area contributed by atoms with Crippen LogP contribution in [0, 0.1) is 6.92 Å². The fraction of sp³-hybridized carbons (Fsp3) is 0.182. The van der Waals surface area contributed by atoms with E-state index in [1.54, 1.807) is 60.9 Å². The molecule has 5 rings (SSSR count). The molecule has 4 aromatic rings. The number of methoxy groups -OCH3 is 2. The van der Waals surface area contributed by atoms with Crippen LogP contribution in [0.3, 0.4) is 0 Å². The first-order valence-electron chi connectivity index (χ1n) is 13.1. The van der Waals surface area contributed by atoms with Gasteiger partial charge in [-0.15, -0.1) is 0 Å². The molecule has 1 N–H and O–H groups in total. The first-order valence-corrected chi connectivity index (χ1v) is 13.1. The Balaban J connectivity index is 1.51. The molecule has 1 saturated heterocycles. The third-order valence-corrected chi connectivity index (χ3v) is 7.12. The summed E-state index contributed by atoms with van der Waals surface area (Å²) >= 11 is 0. The van der Waals surface area contributed by atoms with Gasteiger partial charge in [-0.25, -0.2) is 0 Å². The Hall–Kier alpha value is -5.11. The van der Waals surface area contributed by atoms with Gasteiger partial charge in [0.25, 0.3) is 11.7 Å². The highest BCUT2D eigenvalue weighted by Crippen LogP contribution is 2.42. The minimum absolute atomic E-state index is 0.0142. The zero-order chi connectivity index (χ0) is 28.9. The van der Waals surface area contributed by atoms with E-state index in [1.165, 1.54) is 19.1 Å². The van der Waals surface area contributed by atoms with E-state index in [0.29, 0.717) is 35.0 Å². The first-order chi connectivity index (χ1) is 19.9. The molecule has 1 aliphatic heterocycles. The van der Waals surface area contributed by atoms with Gasteiger partial charge in [-0.3, -0.25) is 14.6 Å². The molecule has 1 atom stereocenters. The number of rotatable bonds is 9. The Morgan fingerprint density at radius 2 is 1.68 bits per heavy atom. The molecule has 1 fully saturated rings. The molecule has 0 saturated carbocycles. The number of carbonyl (C=O) groups excluding carboxylic acids is 2. The quantitative estimate of drug-likeness (QED) is 0.164. The Morgan fingerprint density at radius 3 is 2.37 bits per heavy atom. The van der Waals surface area contributed by atoms with Crippen molar-refractivity contribution in [3.63, 3.8) is 0 Å². The molecular formula is C33H30N2O6. The average Bonchev–Trinajstić information content (AvgIpc) is 3.25. The topological polar surface area (TPSA) is 98.2 Å². The summed E-state index contributed by atoms with van der Waals surface area (Å²) in [6.07, 6.45) is 3.28. The van der Waals surface area contributed by atoms with Crippen LogP contribution in [0.2, 0.25) is 0 Å².